The molecule has 0 atom stereocenters. The third-order valence-electron chi connectivity index (χ3n) is 4.25. The first-order chi connectivity index (χ1) is 13.1. The Morgan fingerprint density at radius 3 is 2.70 bits per heavy atom. The van der Waals surface area contributed by atoms with Crippen LogP contribution in [0, 0.1) is 0 Å². The highest BCUT2D eigenvalue weighted by Crippen LogP contribution is 2.24. The van der Waals surface area contributed by atoms with E-state index in [9.17, 15) is 4.79 Å². The summed E-state index contributed by atoms with van der Waals surface area (Å²) in [6.45, 7) is 4.19. The second-order valence-electron chi connectivity index (χ2n) is 5.99. The van der Waals surface area contributed by atoms with Crippen LogP contribution < -0.4 is 10.1 Å². The van der Waals surface area contributed by atoms with Gasteiger partial charge in [0.1, 0.15) is 18.1 Å². The van der Waals surface area contributed by atoms with Gasteiger partial charge in [-0.3, -0.25) is 14.2 Å². The molecule has 3 aromatic heterocycles. The van der Waals surface area contributed by atoms with Crippen molar-refractivity contribution in [2.75, 3.05) is 12.4 Å². The van der Waals surface area contributed by atoms with Gasteiger partial charge in [0.2, 0.25) is 11.8 Å². The van der Waals surface area contributed by atoms with E-state index in [-0.39, 0.29) is 12.5 Å². The fourth-order valence-electron chi connectivity index (χ4n) is 3.00. The summed E-state index contributed by atoms with van der Waals surface area (Å²) in [7, 11) is 3.37. The molecule has 0 radical (unpaired) electrons. The van der Waals surface area contributed by atoms with Crippen molar-refractivity contribution in [1.82, 2.24) is 29.5 Å². The Hall–Kier alpha value is -3.23. The molecule has 0 spiro atoms. The van der Waals surface area contributed by atoms with Crippen LogP contribution >= 0.6 is 0 Å². The van der Waals surface area contributed by atoms with Gasteiger partial charge in [0.05, 0.1) is 19.0 Å². The van der Waals surface area contributed by atoms with Crippen LogP contribution in [0.2, 0.25) is 0 Å². The first-order valence-corrected chi connectivity index (χ1v) is 8.79. The van der Waals surface area contributed by atoms with Crippen LogP contribution in [0.15, 0.2) is 24.8 Å². The summed E-state index contributed by atoms with van der Waals surface area (Å²) in [6, 6.07) is 0. The second kappa shape index (κ2) is 7.98. The van der Waals surface area contributed by atoms with Gasteiger partial charge in [0, 0.05) is 36.8 Å². The van der Waals surface area contributed by atoms with Crippen molar-refractivity contribution in [3.8, 4) is 17.1 Å². The van der Waals surface area contributed by atoms with Crippen LogP contribution in [0.5, 0.6) is 5.88 Å². The van der Waals surface area contributed by atoms with Crippen molar-refractivity contribution in [2.24, 2.45) is 7.05 Å². The van der Waals surface area contributed by atoms with Crippen molar-refractivity contribution in [3.05, 3.63) is 36.0 Å². The molecule has 3 heterocycles. The average Bonchev–Trinajstić information content (AvgIpc) is 3.26. The second-order valence-corrected chi connectivity index (χ2v) is 5.99. The van der Waals surface area contributed by atoms with Crippen molar-refractivity contribution in [2.45, 2.75) is 33.2 Å². The van der Waals surface area contributed by atoms with Gasteiger partial charge in [-0.15, -0.1) is 0 Å². The van der Waals surface area contributed by atoms with Crippen molar-refractivity contribution >= 4 is 11.7 Å². The Labute approximate surface area is 157 Å². The first kappa shape index (κ1) is 18.6. The fourth-order valence-corrected chi connectivity index (χ4v) is 3.00. The number of hydrogen-bond acceptors (Lipinski definition) is 6. The Morgan fingerprint density at radius 2 is 2.00 bits per heavy atom. The number of carbonyl (C=O) groups excluding carboxylic acids is 1. The van der Waals surface area contributed by atoms with E-state index < -0.39 is 0 Å². The smallest absolute Gasteiger partial charge is 0.247 e. The molecule has 9 heteroatoms. The minimum absolute atomic E-state index is 0.0817. The van der Waals surface area contributed by atoms with Gasteiger partial charge in [0.15, 0.2) is 0 Å². The van der Waals surface area contributed by atoms with Crippen LogP contribution in [0.4, 0.5) is 5.82 Å². The van der Waals surface area contributed by atoms with Crippen LogP contribution in [0.1, 0.15) is 25.1 Å². The Kier molecular flexibility index (Phi) is 5.49. The van der Waals surface area contributed by atoms with Crippen LogP contribution in [-0.2, 0) is 31.2 Å². The maximum absolute atomic E-state index is 12.5. The van der Waals surface area contributed by atoms with Gasteiger partial charge >= 0.3 is 0 Å². The topological polar surface area (TPSA) is 99.8 Å². The Balaban J connectivity index is 1.75. The summed E-state index contributed by atoms with van der Waals surface area (Å²) < 4.78 is 8.49. The Bertz CT molecular complexity index is 945. The molecule has 0 aliphatic rings. The van der Waals surface area contributed by atoms with Gasteiger partial charge in [-0.1, -0.05) is 13.8 Å². The lowest BCUT2D eigenvalue weighted by Crippen LogP contribution is -2.21. The molecule has 142 valence electrons. The summed E-state index contributed by atoms with van der Waals surface area (Å²) in [6.07, 6.45) is 8.16. The maximum atomic E-state index is 12.5. The number of methoxy groups -OCH3 is 1. The molecule has 1 amide bonds. The number of ether oxygens (including phenoxy) is 1. The minimum Gasteiger partial charge on any atom is -0.479 e. The van der Waals surface area contributed by atoms with Gasteiger partial charge in [-0.25, -0.2) is 9.97 Å². The van der Waals surface area contributed by atoms with E-state index in [0.29, 0.717) is 11.6 Å². The molecule has 0 aliphatic heterocycles. The summed E-state index contributed by atoms with van der Waals surface area (Å²) in [4.78, 5) is 20.9. The predicted molar refractivity (Wildman–Crippen MR) is 100 cm³/mol. The van der Waals surface area contributed by atoms with Crippen molar-refractivity contribution in [1.29, 1.82) is 0 Å². The van der Waals surface area contributed by atoms with Gasteiger partial charge in [-0.05, 0) is 12.8 Å². The molecule has 27 heavy (non-hydrogen) atoms. The number of nitrogens with zero attached hydrogens (tertiary/aromatic N) is 6. The standard InChI is InChI=1S/C18H23N7O2/c1-5-13-14(6-2)23-24(3)17(13)22-15(26)11-25-10-12(9-21-25)16-18(27-4)20-8-7-19-16/h7-10H,5-6,11H2,1-4H3,(H,22,26). The molecule has 0 unspecified atom stereocenters. The van der Waals surface area contributed by atoms with E-state index in [4.69, 9.17) is 4.74 Å². The largest absolute Gasteiger partial charge is 0.479 e. The first-order valence-electron chi connectivity index (χ1n) is 8.79. The number of aromatic nitrogens is 6. The quantitative estimate of drug-likeness (QED) is 0.682. The van der Waals surface area contributed by atoms with E-state index in [2.05, 4.69) is 39.3 Å². The molecule has 0 aromatic carbocycles. The molecule has 9 nitrogen and oxygen atoms in total. The number of aryl methyl sites for hydroxylation is 2. The molecule has 0 saturated carbocycles. The van der Waals surface area contributed by atoms with E-state index in [1.54, 1.807) is 34.2 Å². The van der Waals surface area contributed by atoms with E-state index >= 15 is 0 Å². The third kappa shape index (κ3) is 3.81. The van der Waals surface area contributed by atoms with Gasteiger partial charge < -0.3 is 10.1 Å². The van der Waals surface area contributed by atoms with Crippen molar-refractivity contribution in [3.63, 3.8) is 0 Å². The minimum atomic E-state index is -0.170. The zero-order chi connectivity index (χ0) is 19.4. The molecule has 1 N–H and O–H groups in total. The van der Waals surface area contributed by atoms with Gasteiger partial charge in [0.25, 0.3) is 0 Å². The number of carbonyl (C=O) groups is 1. The highest BCUT2D eigenvalue weighted by atomic mass is 16.5. The van der Waals surface area contributed by atoms with Gasteiger partial charge in [-0.2, -0.15) is 10.2 Å². The van der Waals surface area contributed by atoms with Crippen molar-refractivity contribution < 1.29 is 9.53 Å². The molecule has 0 saturated heterocycles. The normalized spacial score (nSPS) is 10.8. The maximum Gasteiger partial charge on any atom is 0.247 e. The summed E-state index contributed by atoms with van der Waals surface area (Å²) >= 11 is 0. The lowest BCUT2D eigenvalue weighted by atomic mass is 10.1. The third-order valence-corrected chi connectivity index (χ3v) is 4.25. The predicted octanol–water partition coefficient (Wildman–Crippen LogP) is 1.85. The SMILES string of the molecule is CCc1nn(C)c(NC(=O)Cn2cc(-c3nccnc3OC)cn2)c1CC. The van der Waals surface area contributed by atoms with E-state index in [1.165, 1.54) is 7.11 Å². The average molecular weight is 369 g/mol. The fraction of sp³-hybridized carbons (Fsp3) is 0.389. The van der Waals surface area contributed by atoms with Crippen LogP contribution in [-0.4, -0.2) is 42.5 Å². The number of amides is 1. The number of hydrogen-bond donors (Lipinski definition) is 1. The molecule has 0 aliphatic carbocycles. The zero-order valence-corrected chi connectivity index (χ0v) is 15.9. The highest BCUT2D eigenvalue weighted by Gasteiger charge is 2.17. The lowest BCUT2D eigenvalue weighted by molar-refractivity contribution is -0.117. The molecule has 0 fully saturated rings. The number of anilines is 1. The number of rotatable bonds is 7. The Morgan fingerprint density at radius 1 is 1.22 bits per heavy atom. The summed E-state index contributed by atoms with van der Waals surface area (Å²) in [5.41, 5.74) is 3.39. The highest BCUT2D eigenvalue weighted by molar-refractivity contribution is 5.90. The molecule has 3 rings (SSSR count). The van der Waals surface area contributed by atoms with E-state index in [1.807, 2.05) is 7.05 Å². The van der Waals surface area contributed by atoms with Crippen LogP contribution in [0.3, 0.4) is 0 Å². The lowest BCUT2D eigenvalue weighted by Gasteiger charge is -2.08. The number of nitrogens with one attached hydrogen (secondary N) is 1. The van der Waals surface area contributed by atoms with E-state index in [0.717, 1.165) is 35.5 Å². The summed E-state index contributed by atoms with van der Waals surface area (Å²) in [5, 5.41) is 11.7. The zero-order valence-electron chi connectivity index (χ0n) is 15.9. The molecular weight excluding hydrogens is 346 g/mol. The molecule has 0 bridgehead atoms. The van der Waals surface area contributed by atoms with Crippen LogP contribution in [0.25, 0.3) is 11.3 Å². The molecule has 3 aromatic rings. The molecular formula is C18H23N7O2. The monoisotopic (exact) mass is 369 g/mol. The summed E-state index contributed by atoms with van der Waals surface area (Å²) in [5.74, 6) is 0.981.